The van der Waals surface area contributed by atoms with E-state index in [-0.39, 0.29) is 17.2 Å². The van der Waals surface area contributed by atoms with Crippen molar-refractivity contribution in [1.82, 2.24) is 4.98 Å². The van der Waals surface area contributed by atoms with E-state index >= 15 is 0 Å². The van der Waals surface area contributed by atoms with Crippen molar-refractivity contribution in [2.45, 2.75) is 46.0 Å². The Morgan fingerprint density at radius 3 is 2.65 bits per heavy atom. The van der Waals surface area contributed by atoms with Crippen LogP contribution in [0, 0.1) is 11.8 Å². The standard InChI is InChI=1S/C13H20N2O2/c1-8(9-5-6-9)11(16)15-12-14-10(7-17-12)13(2,3)4/h7-9H,5-6H2,1-4H3,(H,14,15,16). The highest BCUT2D eigenvalue weighted by Crippen LogP contribution is 2.37. The summed E-state index contributed by atoms with van der Waals surface area (Å²) < 4.78 is 5.27. The average molecular weight is 236 g/mol. The van der Waals surface area contributed by atoms with E-state index in [2.05, 4.69) is 31.1 Å². The summed E-state index contributed by atoms with van der Waals surface area (Å²) in [5, 5.41) is 2.74. The lowest BCUT2D eigenvalue weighted by atomic mass is 9.93. The summed E-state index contributed by atoms with van der Waals surface area (Å²) in [5.41, 5.74) is 0.793. The van der Waals surface area contributed by atoms with Gasteiger partial charge in [-0.05, 0) is 18.8 Å². The van der Waals surface area contributed by atoms with Crippen molar-refractivity contribution in [3.8, 4) is 0 Å². The predicted octanol–water partition coefficient (Wildman–Crippen LogP) is 2.96. The first kappa shape index (κ1) is 12.1. The molecule has 1 heterocycles. The molecule has 0 radical (unpaired) electrons. The fraction of sp³-hybridized carbons (Fsp3) is 0.692. The Morgan fingerprint density at radius 2 is 2.18 bits per heavy atom. The highest BCUT2D eigenvalue weighted by molar-refractivity contribution is 5.90. The van der Waals surface area contributed by atoms with Gasteiger partial charge in [-0.15, -0.1) is 0 Å². The van der Waals surface area contributed by atoms with E-state index in [9.17, 15) is 4.79 Å². The van der Waals surface area contributed by atoms with Gasteiger partial charge in [0.15, 0.2) is 0 Å². The summed E-state index contributed by atoms with van der Waals surface area (Å²) in [7, 11) is 0. The van der Waals surface area contributed by atoms with Crippen LogP contribution in [0.1, 0.15) is 46.2 Å². The summed E-state index contributed by atoms with van der Waals surface area (Å²) >= 11 is 0. The minimum absolute atomic E-state index is 0.00908. The van der Waals surface area contributed by atoms with Gasteiger partial charge in [0, 0.05) is 11.3 Å². The third kappa shape index (κ3) is 2.87. The molecule has 1 aromatic heterocycles. The zero-order valence-corrected chi connectivity index (χ0v) is 10.9. The molecule has 1 atom stereocenters. The molecule has 17 heavy (non-hydrogen) atoms. The lowest BCUT2D eigenvalue weighted by molar-refractivity contribution is -0.120. The number of aromatic nitrogens is 1. The minimum Gasteiger partial charge on any atom is -0.432 e. The van der Waals surface area contributed by atoms with Gasteiger partial charge in [-0.1, -0.05) is 27.7 Å². The van der Waals surface area contributed by atoms with Crippen LogP contribution in [-0.4, -0.2) is 10.9 Å². The van der Waals surface area contributed by atoms with E-state index in [4.69, 9.17) is 4.42 Å². The van der Waals surface area contributed by atoms with Gasteiger partial charge in [0.05, 0.1) is 5.69 Å². The second-order valence-corrected chi connectivity index (χ2v) is 5.90. The van der Waals surface area contributed by atoms with Crippen LogP contribution >= 0.6 is 0 Å². The molecule has 1 aliphatic rings. The maximum absolute atomic E-state index is 11.8. The predicted molar refractivity (Wildman–Crippen MR) is 65.7 cm³/mol. The molecule has 1 unspecified atom stereocenters. The Morgan fingerprint density at radius 1 is 1.53 bits per heavy atom. The van der Waals surface area contributed by atoms with Crippen LogP contribution in [0.25, 0.3) is 0 Å². The molecule has 1 amide bonds. The van der Waals surface area contributed by atoms with Crippen LogP contribution < -0.4 is 5.32 Å². The Hall–Kier alpha value is -1.32. The molecule has 94 valence electrons. The van der Waals surface area contributed by atoms with Crippen molar-refractivity contribution in [1.29, 1.82) is 0 Å². The molecular weight excluding hydrogens is 216 g/mol. The lowest BCUT2D eigenvalue weighted by Gasteiger charge is -2.13. The van der Waals surface area contributed by atoms with Gasteiger partial charge in [0.1, 0.15) is 6.26 Å². The number of anilines is 1. The van der Waals surface area contributed by atoms with Gasteiger partial charge >= 0.3 is 6.01 Å². The molecule has 4 heteroatoms. The molecule has 1 saturated carbocycles. The van der Waals surface area contributed by atoms with Gasteiger partial charge < -0.3 is 4.42 Å². The average Bonchev–Trinajstić information content (AvgIpc) is 2.96. The van der Waals surface area contributed by atoms with Gasteiger partial charge in [0.2, 0.25) is 5.91 Å². The Labute approximate surface area is 102 Å². The normalized spacial score (nSPS) is 17.9. The van der Waals surface area contributed by atoms with Crippen LogP contribution in [0.3, 0.4) is 0 Å². The summed E-state index contributed by atoms with van der Waals surface area (Å²) in [6.45, 7) is 8.14. The van der Waals surface area contributed by atoms with Crippen LogP contribution in [0.4, 0.5) is 6.01 Å². The lowest BCUT2D eigenvalue weighted by Crippen LogP contribution is -2.22. The molecule has 1 fully saturated rings. The minimum atomic E-state index is -0.0609. The van der Waals surface area contributed by atoms with E-state index in [0.29, 0.717) is 11.9 Å². The van der Waals surface area contributed by atoms with E-state index < -0.39 is 0 Å². The third-order valence-corrected chi connectivity index (χ3v) is 3.25. The number of hydrogen-bond donors (Lipinski definition) is 1. The van der Waals surface area contributed by atoms with Crippen molar-refractivity contribution < 1.29 is 9.21 Å². The quantitative estimate of drug-likeness (QED) is 0.877. The highest BCUT2D eigenvalue weighted by Gasteiger charge is 2.33. The number of oxazole rings is 1. The van der Waals surface area contributed by atoms with Crippen molar-refractivity contribution in [2.75, 3.05) is 5.32 Å². The second-order valence-electron chi connectivity index (χ2n) is 5.90. The van der Waals surface area contributed by atoms with Crippen LogP contribution in [0.5, 0.6) is 0 Å². The SMILES string of the molecule is CC(C(=O)Nc1nc(C(C)(C)C)co1)C1CC1. The number of nitrogens with one attached hydrogen (secondary N) is 1. The summed E-state index contributed by atoms with van der Waals surface area (Å²) in [5.74, 6) is 0.613. The summed E-state index contributed by atoms with van der Waals surface area (Å²) in [4.78, 5) is 16.1. The van der Waals surface area contributed by atoms with Crippen LogP contribution in [-0.2, 0) is 10.2 Å². The molecule has 1 N–H and O–H groups in total. The van der Waals surface area contributed by atoms with Gasteiger partial charge in [-0.3, -0.25) is 10.1 Å². The number of carbonyl (C=O) groups excluding carboxylic acids is 1. The van der Waals surface area contributed by atoms with Gasteiger partial charge in [0.25, 0.3) is 0 Å². The number of rotatable bonds is 3. The molecule has 0 spiro atoms. The molecule has 4 nitrogen and oxygen atoms in total. The summed E-state index contributed by atoms with van der Waals surface area (Å²) in [6, 6.07) is 0.312. The molecule has 0 aromatic carbocycles. The van der Waals surface area contributed by atoms with Crippen LogP contribution in [0.2, 0.25) is 0 Å². The van der Waals surface area contributed by atoms with E-state index in [0.717, 1.165) is 18.5 Å². The monoisotopic (exact) mass is 236 g/mol. The fourth-order valence-corrected chi connectivity index (χ4v) is 1.71. The van der Waals surface area contributed by atoms with E-state index in [1.54, 1.807) is 6.26 Å². The molecule has 2 rings (SSSR count). The first-order valence-electron chi connectivity index (χ1n) is 6.15. The molecule has 0 bridgehead atoms. The number of amides is 1. The molecule has 0 saturated heterocycles. The second kappa shape index (κ2) is 4.17. The molecular formula is C13H20N2O2. The zero-order valence-electron chi connectivity index (χ0n) is 10.9. The fourth-order valence-electron chi connectivity index (χ4n) is 1.71. The molecule has 1 aromatic rings. The van der Waals surface area contributed by atoms with Crippen molar-refractivity contribution in [3.05, 3.63) is 12.0 Å². The van der Waals surface area contributed by atoms with E-state index in [1.165, 1.54) is 0 Å². The van der Waals surface area contributed by atoms with E-state index in [1.807, 2.05) is 6.92 Å². The van der Waals surface area contributed by atoms with Gasteiger partial charge in [-0.25, -0.2) is 0 Å². The van der Waals surface area contributed by atoms with Crippen LogP contribution in [0.15, 0.2) is 10.7 Å². The Bertz CT molecular complexity index is 413. The zero-order chi connectivity index (χ0) is 12.6. The highest BCUT2D eigenvalue weighted by atomic mass is 16.4. The molecule has 0 aliphatic heterocycles. The smallest absolute Gasteiger partial charge is 0.301 e. The Balaban J connectivity index is 1.99. The largest absolute Gasteiger partial charge is 0.432 e. The topological polar surface area (TPSA) is 55.1 Å². The number of carbonyl (C=O) groups is 1. The van der Waals surface area contributed by atoms with Gasteiger partial charge in [-0.2, -0.15) is 4.98 Å². The van der Waals surface area contributed by atoms with Crippen molar-refractivity contribution in [3.63, 3.8) is 0 Å². The molecule has 1 aliphatic carbocycles. The Kier molecular flexibility index (Phi) is 2.98. The summed E-state index contributed by atoms with van der Waals surface area (Å²) in [6.07, 6.45) is 3.93. The first-order chi connectivity index (χ1) is 7.88. The van der Waals surface area contributed by atoms with Crippen molar-refractivity contribution in [2.24, 2.45) is 11.8 Å². The third-order valence-electron chi connectivity index (χ3n) is 3.25. The first-order valence-corrected chi connectivity index (χ1v) is 6.15. The van der Waals surface area contributed by atoms with Crippen molar-refractivity contribution >= 4 is 11.9 Å². The maximum atomic E-state index is 11.8. The maximum Gasteiger partial charge on any atom is 0.301 e. The number of hydrogen-bond acceptors (Lipinski definition) is 3. The number of nitrogens with zero attached hydrogens (tertiary/aromatic N) is 1.